The fraction of sp³-hybridized carbons (Fsp3) is 0.400. The molecule has 1 rings (SSSR count). The lowest BCUT2D eigenvalue weighted by Gasteiger charge is -2.19. The van der Waals surface area contributed by atoms with E-state index in [9.17, 15) is 13.2 Å². The van der Waals surface area contributed by atoms with Gasteiger partial charge < -0.3 is 15.8 Å². The number of hydrogen-bond acceptors (Lipinski definition) is 3. The molecular weight excluding hydrogens is 221 g/mol. The molecule has 0 saturated heterocycles. The third-order valence-electron chi connectivity index (χ3n) is 2.10. The Balaban J connectivity index is 3.00. The summed E-state index contributed by atoms with van der Waals surface area (Å²) in [7, 11) is 1.63. The van der Waals surface area contributed by atoms with Gasteiger partial charge in [-0.15, -0.1) is 13.2 Å². The molecule has 0 heterocycles. The summed E-state index contributed by atoms with van der Waals surface area (Å²) < 4.78 is 40.3. The maximum absolute atomic E-state index is 12.1. The first-order chi connectivity index (χ1) is 7.48. The van der Waals surface area contributed by atoms with Gasteiger partial charge in [0, 0.05) is 18.2 Å². The minimum absolute atomic E-state index is 0.189. The highest BCUT2D eigenvalue weighted by Crippen LogP contribution is 2.29. The lowest BCUT2D eigenvalue weighted by atomic mass is 10.1. The van der Waals surface area contributed by atoms with Crippen LogP contribution in [0.3, 0.4) is 0 Å². The van der Waals surface area contributed by atoms with E-state index < -0.39 is 6.36 Å². The first kappa shape index (κ1) is 12.8. The Bertz CT molecular complexity index is 337. The second-order valence-corrected chi connectivity index (χ2v) is 3.16. The molecule has 16 heavy (non-hydrogen) atoms. The number of rotatable bonds is 4. The topological polar surface area (TPSA) is 47.3 Å². The number of ether oxygens (including phenoxy) is 1. The monoisotopic (exact) mass is 234 g/mol. The van der Waals surface area contributed by atoms with Crippen LogP contribution in [0, 0.1) is 0 Å². The number of nitrogens with one attached hydrogen (secondary N) is 1. The van der Waals surface area contributed by atoms with Crippen molar-refractivity contribution in [1.82, 2.24) is 5.32 Å². The Morgan fingerprint density at radius 1 is 1.38 bits per heavy atom. The average Bonchev–Trinajstić information content (AvgIpc) is 2.20. The van der Waals surface area contributed by atoms with Crippen LogP contribution in [0.5, 0.6) is 5.75 Å². The smallest absolute Gasteiger partial charge is 0.405 e. The van der Waals surface area contributed by atoms with Crippen molar-refractivity contribution in [3.8, 4) is 5.75 Å². The quantitative estimate of drug-likeness (QED) is 0.835. The number of para-hydroxylation sites is 1. The van der Waals surface area contributed by atoms with Gasteiger partial charge in [-0.2, -0.15) is 0 Å². The van der Waals surface area contributed by atoms with Crippen molar-refractivity contribution < 1.29 is 17.9 Å². The first-order valence-corrected chi connectivity index (χ1v) is 4.70. The van der Waals surface area contributed by atoms with Gasteiger partial charge in [0.1, 0.15) is 5.75 Å². The van der Waals surface area contributed by atoms with Gasteiger partial charge in [-0.3, -0.25) is 0 Å². The first-order valence-electron chi connectivity index (χ1n) is 4.70. The summed E-state index contributed by atoms with van der Waals surface area (Å²) in [6.07, 6.45) is -4.69. The van der Waals surface area contributed by atoms with Crippen molar-refractivity contribution in [2.45, 2.75) is 12.4 Å². The predicted octanol–water partition coefficient (Wildman–Crippen LogP) is 1.80. The Morgan fingerprint density at radius 2 is 2.00 bits per heavy atom. The lowest BCUT2D eigenvalue weighted by molar-refractivity contribution is -0.275. The summed E-state index contributed by atoms with van der Waals surface area (Å²) in [5.74, 6) is -0.222. The molecule has 0 aliphatic heterocycles. The standard InChI is InChI=1S/C10H13F3N2O/c1-15-8(6-14)7-4-2-3-5-9(7)16-10(11,12)13/h2-5,8,15H,6,14H2,1H3. The maximum Gasteiger partial charge on any atom is 0.573 e. The Hall–Kier alpha value is -1.27. The average molecular weight is 234 g/mol. The zero-order valence-corrected chi connectivity index (χ0v) is 8.71. The van der Waals surface area contributed by atoms with E-state index in [0.29, 0.717) is 5.56 Å². The molecule has 3 nitrogen and oxygen atoms in total. The Kier molecular flexibility index (Phi) is 4.14. The van der Waals surface area contributed by atoms with E-state index in [0.717, 1.165) is 0 Å². The molecule has 0 saturated carbocycles. The van der Waals surface area contributed by atoms with Crippen molar-refractivity contribution in [2.24, 2.45) is 5.73 Å². The van der Waals surface area contributed by atoms with Crippen LogP contribution < -0.4 is 15.8 Å². The lowest BCUT2D eigenvalue weighted by Crippen LogP contribution is -2.26. The molecule has 0 amide bonds. The molecule has 0 radical (unpaired) electrons. The van der Waals surface area contributed by atoms with Gasteiger partial charge in [0.25, 0.3) is 0 Å². The van der Waals surface area contributed by atoms with Crippen molar-refractivity contribution in [3.05, 3.63) is 29.8 Å². The zero-order chi connectivity index (χ0) is 12.2. The van der Waals surface area contributed by atoms with E-state index in [1.54, 1.807) is 19.2 Å². The van der Waals surface area contributed by atoms with Crippen LogP contribution in [-0.4, -0.2) is 20.0 Å². The summed E-state index contributed by atoms with van der Waals surface area (Å²) >= 11 is 0. The SMILES string of the molecule is CNC(CN)c1ccccc1OC(F)(F)F. The minimum atomic E-state index is -4.69. The van der Waals surface area contributed by atoms with E-state index >= 15 is 0 Å². The number of likely N-dealkylation sites (N-methyl/N-ethyl adjacent to an activating group) is 1. The zero-order valence-electron chi connectivity index (χ0n) is 8.71. The Morgan fingerprint density at radius 3 is 2.50 bits per heavy atom. The minimum Gasteiger partial charge on any atom is -0.405 e. The number of halogens is 3. The van der Waals surface area contributed by atoms with Gasteiger partial charge in [-0.05, 0) is 13.1 Å². The van der Waals surface area contributed by atoms with Crippen LogP contribution in [0.2, 0.25) is 0 Å². The molecule has 1 atom stereocenters. The molecule has 1 aromatic rings. The van der Waals surface area contributed by atoms with Crippen LogP contribution in [0.4, 0.5) is 13.2 Å². The number of alkyl halides is 3. The van der Waals surface area contributed by atoms with Crippen molar-refractivity contribution in [1.29, 1.82) is 0 Å². The number of nitrogens with two attached hydrogens (primary N) is 1. The highest BCUT2D eigenvalue weighted by Gasteiger charge is 2.32. The summed E-state index contributed by atoms with van der Waals surface area (Å²) in [5, 5.41) is 2.82. The van der Waals surface area contributed by atoms with E-state index in [1.165, 1.54) is 12.1 Å². The normalized spacial score (nSPS) is 13.6. The molecular formula is C10H13F3N2O. The fourth-order valence-electron chi connectivity index (χ4n) is 1.39. The van der Waals surface area contributed by atoms with E-state index in [1.807, 2.05) is 0 Å². The number of benzene rings is 1. The largest absolute Gasteiger partial charge is 0.573 e. The van der Waals surface area contributed by atoms with Crippen LogP contribution in [0.25, 0.3) is 0 Å². The molecule has 0 fully saturated rings. The van der Waals surface area contributed by atoms with Crippen LogP contribution >= 0.6 is 0 Å². The van der Waals surface area contributed by atoms with Gasteiger partial charge in [0.05, 0.1) is 0 Å². The van der Waals surface area contributed by atoms with Gasteiger partial charge >= 0.3 is 6.36 Å². The highest BCUT2D eigenvalue weighted by atomic mass is 19.4. The molecule has 0 aromatic heterocycles. The summed E-state index contributed by atoms with van der Waals surface area (Å²) in [4.78, 5) is 0. The van der Waals surface area contributed by atoms with E-state index in [4.69, 9.17) is 5.73 Å². The van der Waals surface area contributed by atoms with Gasteiger partial charge in [0.2, 0.25) is 0 Å². The summed E-state index contributed by atoms with van der Waals surface area (Å²) in [6.45, 7) is 0.189. The molecule has 0 spiro atoms. The van der Waals surface area contributed by atoms with Crippen molar-refractivity contribution in [3.63, 3.8) is 0 Å². The van der Waals surface area contributed by atoms with Crippen LogP contribution in [-0.2, 0) is 0 Å². The molecule has 3 N–H and O–H groups in total. The van der Waals surface area contributed by atoms with Crippen molar-refractivity contribution in [2.75, 3.05) is 13.6 Å². The molecule has 0 aliphatic carbocycles. The third kappa shape index (κ3) is 3.39. The van der Waals surface area contributed by atoms with Crippen LogP contribution in [0.1, 0.15) is 11.6 Å². The number of hydrogen-bond donors (Lipinski definition) is 2. The second-order valence-electron chi connectivity index (χ2n) is 3.16. The highest BCUT2D eigenvalue weighted by molar-refractivity contribution is 5.36. The third-order valence-corrected chi connectivity index (χ3v) is 2.10. The fourth-order valence-corrected chi connectivity index (χ4v) is 1.39. The van der Waals surface area contributed by atoms with Crippen LogP contribution in [0.15, 0.2) is 24.3 Å². The molecule has 0 aliphatic rings. The summed E-state index contributed by atoms with van der Waals surface area (Å²) in [6, 6.07) is 5.57. The van der Waals surface area contributed by atoms with Gasteiger partial charge in [-0.25, -0.2) is 0 Å². The molecule has 1 unspecified atom stereocenters. The Labute approximate surface area is 91.4 Å². The van der Waals surface area contributed by atoms with Gasteiger partial charge in [-0.1, -0.05) is 18.2 Å². The molecule has 6 heteroatoms. The molecule has 90 valence electrons. The predicted molar refractivity (Wildman–Crippen MR) is 54.0 cm³/mol. The van der Waals surface area contributed by atoms with Gasteiger partial charge in [0.15, 0.2) is 0 Å². The maximum atomic E-state index is 12.1. The molecule has 1 aromatic carbocycles. The van der Waals surface area contributed by atoms with E-state index in [2.05, 4.69) is 10.1 Å². The summed E-state index contributed by atoms with van der Waals surface area (Å²) in [5.41, 5.74) is 5.84. The van der Waals surface area contributed by atoms with Crippen molar-refractivity contribution >= 4 is 0 Å². The molecule has 0 bridgehead atoms. The van der Waals surface area contributed by atoms with E-state index in [-0.39, 0.29) is 18.3 Å². The second kappa shape index (κ2) is 5.18.